The molecule has 0 radical (unpaired) electrons. The zero-order valence-electron chi connectivity index (χ0n) is 10.1. The van der Waals surface area contributed by atoms with Crippen molar-refractivity contribution in [3.05, 3.63) is 35.4 Å². The molecule has 1 aromatic carbocycles. The normalized spacial score (nSPS) is 18.0. The van der Waals surface area contributed by atoms with Crippen molar-refractivity contribution in [2.45, 2.75) is 24.7 Å². The van der Waals surface area contributed by atoms with Crippen LogP contribution < -0.4 is 5.73 Å². The zero-order chi connectivity index (χ0) is 12.5. The average Bonchev–Trinajstić information content (AvgIpc) is 3.07. The van der Waals surface area contributed by atoms with E-state index >= 15 is 0 Å². The van der Waals surface area contributed by atoms with Gasteiger partial charge in [-0.25, -0.2) is 8.42 Å². The van der Waals surface area contributed by atoms with Crippen LogP contribution in [0.3, 0.4) is 0 Å². The molecule has 1 aromatic rings. The summed E-state index contributed by atoms with van der Waals surface area (Å²) < 4.78 is 22.1. The van der Waals surface area contributed by atoms with E-state index in [2.05, 4.69) is 12.1 Å². The number of hydrogen-bond acceptors (Lipinski definition) is 3. The highest BCUT2D eigenvalue weighted by Crippen LogP contribution is 2.47. The molecule has 0 spiro atoms. The second kappa shape index (κ2) is 4.42. The summed E-state index contributed by atoms with van der Waals surface area (Å²) in [5.74, 6) is 0.217. The van der Waals surface area contributed by atoms with Gasteiger partial charge in [0.15, 0.2) is 0 Å². The van der Waals surface area contributed by atoms with Gasteiger partial charge in [0.2, 0.25) is 0 Å². The van der Waals surface area contributed by atoms with Crippen LogP contribution in [-0.4, -0.2) is 27.0 Å². The van der Waals surface area contributed by atoms with E-state index in [-0.39, 0.29) is 11.2 Å². The number of aryl methyl sites for hydroxylation is 1. The molecule has 1 aliphatic rings. The molecule has 0 heterocycles. The third kappa shape index (κ3) is 3.07. The lowest BCUT2D eigenvalue weighted by atomic mass is 9.95. The molecule has 0 aromatic heterocycles. The van der Waals surface area contributed by atoms with Gasteiger partial charge in [-0.1, -0.05) is 24.3 Å². The maximum absolute atomic E-state index is 11.1. The van der Waals surface area contributed by atoms with Crippen molar-refractivity contribution in [3.8, 4) is 0 Å². The van der Waals surface area contributed by atoms with Crippen molar-refractivity contribution in [1.82, 2.24) is 0 Å². The van der Waals surface area contributed by atoms with E-state index in [9.17, 15) is 8.42 Å². The lowest BCUT2D eigenvalue weighted by Gasteiger charge is -2.13. The van der Waals surface area contributed by atoms with Crippen LogP contribution in [0, 0.1) is 0 Å². The second-order valence-corrected chi connectivity index (χ2v) is 7.32. The van der Waals surface area contributed by atoms with E-state index in [0.717, 1.165) is 5.56 Å². The van der Waals surface area contributed by atoms with Crippen LogP contribution >= 0.6 is 0 Å². The van der Waals surface area contributed by atoms with Crippen molar-refractivity contribution in [2.75, 3.05) is 18.6 Å². The molecule has 0 amide bonds. The average molecular weight is 253 g/mol. The van der Waals surface area contributed by atoms with E-state index < -0.39 is 9.84 Å². The largest absolute Gasteiger partial charge is 0.330 e. The first-order chi connectivity index (χ1) is 7.95. The topological polar surface area (TPSA) is 60.2 Å². The molecule has 1 fully saturated rings. The Morgan fingerprint density at radius 2 is 1.82 bits per heavy atom. The molecule has 2 rings (SSSR count). The fourth-order valence-corrected chi connectivity index (χ4v) is 2.70. The molecule has 4 heteroatoms. The number of nitrogens with two attached hydrogens (primary N) is 1. The van der Waals surface area contributed by atoms with Gasteiger partial charge in [0.1, 0.15) is 9.84 Å². The molecule has 94 valence electrons. The van der Waals surface area contributed by atoms with Gasteiger partial charge in [0.25, 0.3) is 0 Å². The molecule has 0 bridgehead atoms. The Hall–Kier alpha value is -0.870. The Kier molecular flexibility index (Phi) is 3.27. The lowest BCUT2D eigenvalue weighted by Crippen LogP contribution is -2.19. The Morgan fingerprint density at radius 1 is 1.24 bits per heavy atom. The molecule has 0 aliphatic heterocycles. The summed E-state index contributed by atoms with van der Waals surface area (Å²) in [6.07, 6.45) is 4.21. The van der Waals surface area contributed by atoms with Crippen molar-refractivity contribution < 1.29 is 8.42 Å². The van der Waals surface area contributed by atoms with Gasteiger partial charge < -0.3 is 5.73 Å². The lowest BCUT2D eigenvalue weighted by molar-refractivity contribution is 0.601. The number of sulfone groups is 1. The summed E-state index contributed by atoms with van der Waals surface area (Å²) in [6.45, 7) is 0.704. The van der Waals surface area contributed by atoms with E-state index in [0.29, 0.717) is 13.0 Å². The molecule has 0 atom stereocenters. The predicted molar refractivity (Wildman–Crippen MR) is 69.8 cm³/mol. The van der Waals surface area contributed by atoms with E-state index in [1.54, 1.807) is 0 Å². The molecular weight excluding hydrogens is 234 g/mol. The minimum atomic E-state index is -2.87. The maximum atomic E-state index is 11.1. The van der Waals surface area contributed by atoms with Crippen molar-refractivity contribution in [2.24, 2.45) is 5.73 Å². The predicted octanol–water partition coefficient (Wildman–Crippen LogP) is 1.26. The van der Waals surface area contributed by atoms with E-state index in [4.69, 9.17) is 5.73 Å². The summed E-state index contributed by atoms with van der Waals surface area (Å²) in [5.41, 5.74) is 8.36. The Morgan fingerprint density at radius 3 is 2.24 bits per heavy atom. The van der Waals surface area contributed by atoms with Gasteiger partial charge >= 0.3 is 0 Å². The summed E-state index contributed by atoms with van der Waals surface area (Å²) in [4.78, 5) is 0. The van der Waals surface area contributed by atoms with E-state index in [1.807, 2.05) is 12.1 Å². The molecule has 2 N–H and O–H groups in total. The molecule has 0 unspecified atom stereocenters. The van der Waals surface area contributed by atoms with Gasteiger partial charge in [-0.3, -0.25) is 0 Å². The van der Waals surface area contributed by atoms with Crippen LogP contribution in [0.2, 0.25) is 0 Å². The van der Waals surface area contributed by atoms with Gasteiger partial charge in [-0.2, -0.15) is 0 Å². The van der Waals surface area contributed by atoms with Crippen LogP contribution in [-0.2, 0) is 21.7 Å². The monoisotopic (exact) mass is 253 g/mol. The summed E-state index contributed by atoms with van der Waals surface area (Å²) >= 11 is 0. The van der Waals surface area contributed by atoms with Gasteiger partial charge in [0.05, 0.1) is 5.75 Å². The van der Waals surface area contributed by atoms with Crippen LogP contribution in [0.1, 0.15) is 24.0 Å². The van der Waals surface area contributed by atoms with Crippen molar-refractivity contribution >= 4 is 9.84 Å². The number of benzene rings is 1. The molecule has 3 nitrogen and oxygen atoms in total. The molecule has 17 heavy (non-hydrogen) atoms. The number of hydrogen-bond donors (Lipinski definition) is 1. The Labute approximate surface area is 103 Å². The van der Waals surface area contributed by atoms with Gasteiger partial charge in [-0.05, 0) is 30.4 Å². The van der Waals surface area contributed by atoms with E-state index in [1.165, 1.54) is 24.7 Å². The van der Waals surface area contributed by atoms with Crippen LogP contribution in [0.15, 0.2) is 24.3 Å². The van der Waals surface area contributed by atoms with Crippen LogP contribution in [0.4, 0.5) is 0 Å². The highest BCUT2D eigenvalue weighted by atomic mass is 32.2. The third-order valence-electron chi connectivity index (χ3n) is 3.57. The van der Waals surface area contributed by atoms with Crippen LogP contribution in [0.25, 0.3) is 0 Å². The minimum Gasteiger partial charge on any atom is -0.330 e. The first-order valence-corrected chi connectivity index (χ1v) is 7.98. The minimum absolute atomic E-state index is 0.217. The second-order valence-electron chi connectivity index (χ2n) is 5.06. The summed E-state index contributed by atoms with van der Waals surface area (Å²) in [7, 11) is -2.87. The molecule has 0 saturated heterocycles. The molecule has 1 saturated carbocycles. The zero-order valence-corrected chi connectivity index (χ0v) is 11.0. The maximum Gasteiger partial charge on any atom is 0.147 e. The van der Waals surface area contributed by atoms with Gasteiger partial charge in [-0.15, -0.1) is 0 Å². The molecular formula is C13H19NO2S. The Balaban J connectivity index is 2.04. The fourth-order valence-electron chi connectivity index (χ4n) is 2.09. The standard InChI is InChI=1S/C13H19NO2S/c1-17(15,16)9-6-11-2-4-12(5-3-11)13(10-14)7-8-13/h2-5H,6-10,14H2,1H3. The third-order valence-corrected chi connectivity index (χ3v) is 4.52. The first-order valence-electron chi connectivity index (χ1n) is 5.92. The van der Waals surface area contributed by atoms with Gasteiger partial charge in [0, 0.05) is 18.2 Å². The van der Waals surface area contributed by atoms with Crippen molar-refractivity contribution in [3.63, 3.8) is 0 Å². The van der Waals surface area contributed by atoms with Crippen molar-refractivity contribution in [1.29, 1.82) is 0 Å². The SMILES string of the molecule is CS(=O)(=O)CCc1ccc(C2(CN)CC2)cc1. The fraction of sp³-hybridized carbons (Fsp3) is 0.538. The smallest absolute Gasteiger partial charge is 0.147 e. The highest BCUT2D eigenvalue weighted by Gasteiger charge is 2.42. The first kappa shape index (κ1) is 12.6. The Bertz CT molecular complexity index is 487. The van der Waals surface area contributed by atoms with Crippen LogP contribution in [0.5, 0.6) is 0 Å². The summed E-state index contributed by atoms with van der Waals surface area (Å²) in [5, 5.41) is 0. The number of rotatable bonds is 5. The quantitative estimate of drug-likeness (QED) is 0.859. The molecule has 1 aliphatic carbocycles. The highest BCUT2D eigenvalue weighted by molar-refractivity contribution is 7.90. The summed E-state index contributed by atoms with van der Waals surface area (Å²) in [6, 6.07) is 8.24.